The summed E-state index contributed by atoms with van der Waals surface area (Å²) in [6.45, 7) is 3.40. The van der Waals surface area contributed by atoms with Crippen molar-refractivity contribution in [3.8, 4) is 0 Å². The third-order valence-corrected chi connectivity index (χ3v) is 4.53. The third kappa shape index (κ3) is 4.67. The molecule has 6 nitrogen and oxygen atoms in total. The van der Waals surface area contributed by atoms with Crippen LogP contribution in [0.2, 0.25) is 0 Å². The van der Waals surface area contributed by atoms with E-state index < -0.39 is 0 Å². The van der Waals surface area contributed by atoms with Crippen LogP contribution in [0.4, 0.5) is 5.13 Å². The van der Waals surface area contributed by atoms with Gasteiger partial charge in [0.15, 0.2) is 5.13 Å². The number of furan rings is 1. The van der Waals surface area contributed by atoms with Crippen molar-refractivity contribution in [3.63, 3.8) is 0 Å². The molecule has 130 valence electrons. The maximum atomic E-state index is 12.2. The Morgan fingerprint density at radius 1 is 1.32 bits per heavy atom. The molecule has 1 unspecified atom stereocenters. The monoisotopic (exact) mass is 357 g/mol. The van der Waals surface area contributed by atoms with Crippen molar-refractivity contribution in [2.45, 2.75) is 32.7 Å². The van der Waals surface area contributed by atoms with Gasteiger partial charge in [-0.2, -0.15) is 0 Å². The van der Waals surface area contributed by atoms with Crippen LogP contribution in [0.25, 0.3) is 10.2 Å². The van der Waals surface area contributed by atoms with Gasteiger partial charge in [-0.3, -0.25) is 9.59 Å². The Bertz CT molecular complexity index is 886. The molecule has 0 aliphatic carbocycles. The van der Waals surface area contributed by atoms with Gasteiger partial charge in [-0.05, 0) is 36.8 Å². The highest BCUT2D eigenvalue weighted by molar-refractivity contribution is 7.22. The maximum Gasteiger partial charge on any atom is 0.224 e. The number of rotatable bonds is 6. The van der Waals surface area contributed by atoms with Gasteiger partial charge in [-0.15, -0.1) is 0 Å². The second-order valence-electron chi connectivity index (χ2n) is 5.93. The molecule has 7 heteroatoms. The van der Waals surface area contributed by atoms with Crippen LogP contribution in [0, 0.1) is 0 Å². The highest BCUT2D eigenvalue weighted by Crippen LogP contribution is 2.27. The molecule has 0 fully saturated rings. The summed E-state index contributed by atoms with van der Waals surface area (Å²) in [6, 6.07) is 9.42. The van der Waals surface area contributed by atoms with E-state index in [1.165, 1.54) is 18.3 Å². The van der Waals surface area contributed by atoms with Gasteiger partial charge in [0, 0.05) is 19.4 Å². The van der Waals surface area contributed by atoms with Gasteiger partial charge in [-0.1, -0.05) is 17.4 Å². The van der Waals surface area contributed by atoms with Gasteiger partial charge < -0.3 is 15.1 Å². The Kier molecular flexibility index (Phi) is 5.14. The molecule has 2 aromatic heterocycles. The molecule has 2 N–H and O–H groups in total. The number of aromatic nitrogens is 1. The Balaban J connectivity index is 1.61. The minimum absolute atomic E-state index is 0.00263. The number of nitrogens with one attached hydrogen (secondary N) is 2. The number of amides is 2. The lowest BCUT2D eigenvalue weighted by Gasteiger charge is -2.12. The zero-order chi connectivity index (χ0) is 17.8. The first-order valence-electron chi connectivity index (χ1n) is 7.98. The number of fused-ring (bicyclic) bond motifs is 1. The summed E-state index contributed by atoms with van der Waals surface area (Å²) in [4.78, 5) is 27.7. The van der Waals surface area contributed by atoms with Gasteiger partial charge in [0.05, 0.1) is 22.9 Å². The van der Waals surface area contributed by atoms with Crippen LogP contribution in [-0.2, 0) is 22.4 Å². The maximum absolute atomic E-state index is 12.2. The average Bonchev–Trinajstić information content (AvgIpc) is 3.14. The molecule has 0 spiro atoms. The number of carbonyl (C=O) groups excluding carboxylic acids is 2. The number of anilines is 1. The number of hydrogen-bond donors (Lipinski definition) is 2. The van der Waals surface area contributed by atoms with Crippen LogP contribution in [0.15, 0.2) is 41.0 Å². The number of thiazole rings is 1. The quantitative estimate of drug-likeness (QED) is 0.710. The highest BCUT2D eigenvalue weighted by atomic mass is 32.1. The molecule has 0 aliphatic heterocycles. The van der Waals surface area contributed by atoms with E-state index in [2.05, 4.69) is 15.6 Å². The fourth-order valence-electron chi connectivity index (χ4n) is 2.58. The first-order valence-corrected chi connectivity index (χ1v) is 8.80. The summed E-state index contributed by atoms with van der Waals surface area (Å²) >= 11 is 1.40. The SMILES string of the molecule is CC(=O)Nc1nc2ccc(CC(=O)NC(C)Cc3ccco3)cc2s1. The summed E-state index contributed by atoms with van der Waals surface area (Å²) in [5.41, 5.74) is 1.72. The molecule has 2 heterocycles. The molecule has 0 radical (unpaired) electrons. The van der Waals surface area contributed by atoms with Gasteiger partial charge in [0.25, 0.3) is 0 Å². The van der Waals surface area contributed by atoms with Gasteiger partial charge >= 0.3 is 0 Å². The molecule has 1 aromatic carbocycles. The Labute approximate surface area is 149 Å². The van der Waals surface area contributed by atoms with E-state index in [4.69, 9.17) is 4.42 Å². The number of carbonyl (C=O) groups is 2. The van der Waals surface area contributed by atoms with E-state index in [9.17, 15) is 9.59 Å². The van der Waals surface area contributed by atoms with Crippen LogP contribution in [0.1, 0.15) is 25.2 Å². The van der Waals surface area contributed by atoms with Crippen LogP contribution >= 0.6 is 11.3 Å². The van der Waals surface area contributed by atoms with Crippen molar-refractivity contribution in [3.05, 3.63) is 47.9 Å². The molecule has 0 saturated heterocycles. The number of nitrogens with zero attached hydrogens (tertiary/aromatic N) is 1. The summed E-state index contributed by atoms with van der Waals surface area (Å²) < 4.78 is 6.24. The lowest BCUT2D eigenvalue weighted by Crippen LogP contribution is -2.35. The summed E-state index contributed by atoms with van der Waals surface area (Å²) in [5, 5.41) is 6.23. The molecular formula is C18H19N3O3S. The Morgan fingerprint density at radius 2 is 2.16 bits per heavy atom. The van der Waals surface area contributed by atoms with E-state index in [0.29, 0.717) is 18.0 Å². The van der Waals surface area contributed by atoms with E-state index in [1.54, 1.807) is 6.26 Å². The first kappa shape index (κ1) is 17.2. The molecule has 25 heavy (non-hydrogen) atoms. The molecule has 2 amide bonds. The molecule has 0 saturated carbocycles. The number of benzene rings is 1. The highest BCUT2D eigenvalue weighted by Gasteiger charge is 2.12. The smallest absolute Gasteiger partial charge is 0.224 e. The van der Waals surface area contributed by atoms with Gasteiger partial charge in [0.1, 0.15) is 5.76 Å². The van der Waals surface area contributed by atoms with E-state index in [1.807, 2.05) is 37.3 Å². The molecule has 0 bridgehead atoms. The van der Waals surface area contributed by atoms with Crippen molar-refractivity contribution >= 4 is 38.5 Å². The fourth-order valence-corrected chi connectivity index (χ4v) is 3.55. The predicted octanol–water partition coefficient (Wildman–Crippen LogP) is 3.14. The lowest BCUT2D eigenvalue weighted by atomic mass is 10.1. The minimum atomic E-state index is -0.149. The van der Waals surface area contributed by atoms with Gasteiger partial charge in [-0.25, -0.2) is 4.98 Å². The van der Waals surface area contributed by atoms with Gasteiger partial charge in [0.2, 0.25) is 11.8 Å². The zero-order valence-electron chi connectivity index (χ0n) is 14.0. The predicted molar refractivity (Wildman–Crippen MR) is 97.6 cm³/mol. The largest absolute Gasteiger partial charge is 0.469 e. The van der Waals surface area contributed by atoms with Crippen LogP contribution in [0.5, 0.6) is 0 Å². The second-order valence-corrected chi connectivity index (χ2v) is 6.96. The molecular weight excluding hydrogens is 338 g/mol. The lowest BCUT2D eigenvalue weighted by molar-refractivity contribution is -0.121. The number of hydrogen-bond acceptors (Lipinski definition) is 5. The zero-order valence-corrected chi connectivity index (χ0v) is 14.9. The van der Waals surface area contributed by atoms with Crippen molar-refractivity contribution in [2.24, 2.45) is 0 Å². The third-order valence-electron chi connectivity index (χ3n) is 3.60. The van der Waals surface area contributed by atoms with Crippen LogP contribution < -0.4 is 10.6 Å². The molecule has 3 aromatic rings. The normalized spacial score (nSPS) is 12.1. The van der Waals surface area contributed by atoms with Crippen molar-refractivity contribution in [1.82, 2.24) is 10.3 Å². The van der Waals surface area contributed by atoms with Crippen molar-refractivity contribution in [2.75, 3.05) is 5.32 Å². The topological polar surface area (TPSA) is 84.2 Å². The van der Waals surface area contributed by atoms with E-state index >= 15 is 0 Å². The minimum Gasteiger partial charge on any atom is -0.469 e. The first-order chi connectivity index (χ1) is 12.0. The molecule has 3 rings (SSSR count). The summed E-state index contributed by atoms with van der Waals surface area (Å²) in [5.74, 6) is 0.665. The summed E-state index contributed by atoms with van der Waals surface area (Å²) in [7, 11) is 0. The summed E-state index contributed by atoms with van der Waals surface area (Å²) in [6.07, 6.45) is 2.59. The second kappa shape index (κ2) is 7.48. The Morgan fingerprint density at radius 3 is 2.88 bits per heavy atom. The molecule has 0 aliphatic rings. The standard InChI is InChI=1S/C18H19N3O3S/c1-11(8-14-4-3-7-24-14)19-17(23)10-13-5-6-15-16(9-13)25-18(21-15)20-12(2)22/h3-7,9,11H,8,10H2,1-2H3,(H,19,23)(H,20,21,22). The average molecular weight is 357 g/mol. The fraction of sp³-hybridized carbons (Fsp3) is 0.278. The van der Waals surface area contributed by atoms with Crippen molar-refractivity contribution < 1.29 is 14.0 Å². The molecule has 1 atom stereocenters. The van der Waals surface area contributed by atoms with Crippen LogP contribution in [0.3, 0.4) is 0 Å². The Hall–Kier alpha value is -2.67. The van der Waals surface area contributed by atoms with E-state index in [-0.39, 0.29) is 17.9 Å². The van der Waals surface area contributed by atoms with E-state index in [0.717, 1.165) is 21.5 Å². The van der Waals surface area contributed by atoms with Crippen LogP contribution in [-0.4, -0.2) is 22.8 Å². The van der Waals surface area contributed by atoms with Crippen molar-refractivity contribution in [1.29, 1.82) is 0 Å².